The van der Waals surface area contributed by atoms with Crippen LogP contribution in [0.25, 0.3) is 11.1 Å². The summed E-state index contributed by atoms with van der Waals surface area (Å²) in [5.74, 6) is 0.310. The second-order valence-electron chi connectivity index (χ2n) is 3.28. The summed E-state index contributed by atoms with van der Waals surface area (Å²) >= 11 is 0. The molecule has 14 heavy (non-hydrogen) atoms. The molecule has 2 aromatic carbocycles. The maximum absolute atomic E-state index is 9.62. The van der Waals surface area contributed by atoms with E-state index < -0.39 is 0 Å². The van der Waals surface area contributed by atoms with Crippen LogP contribution >= 0.6 is 0 Å². The molecule has 0 heterocycles. The van der Waals surface area contributed by atoms with E-state index in [2.05, 4.69) is 6.07 Å². The summed E-state index contributed by atoms with van der Waals surface area (Å²) in [5, 5.41) is 9.62. The van der Waals surface area contributed by atoms with Gasteiger partial charge >= 0.3 is 0 Å². The molecule has 0 unspecified atom stereocenters. The Labute approximate surface area is 83.6 Å². The molecule has 0 saturated carbocycles. The first-order chi connectivity index (χ1) is 6.77. The molecule has 1 nitrogen and oxygen atoms in total. The molecular formula is C13H11O. The zero-order chi connectivity index (χ0) is 9.97. The minimum atomic E-state index is 0.310. The normalized spacial score (nSPS) is 10.1. The fraction of sp³-hybridized carbons (Fsp3) is 0.0769. The Morgan fingerprint density at radius 1 is 1.07 bits per heavy atom. The molecule has 0 bridgehead atoms. The van der Waals surface area contributed by atoms with Crippen LogP contribution in [-0.4, -0.2) is 5.11 Å². The highest BCUT2D eigenvalue weighted by molar-refractivity contribution is 5.69. The van der Waals surface area contributed by atoms with Crippen LogP contribution in [0.5, 0.6) is 5.75 Å². The first-order valence-electron chi connectivity index (χ1n) is 4.54. The molecular weight excluding hydrogens is 172 g/mol. The average Bonchev–Trinajstić information content (AvgIpc) is 2.20. The van der Waals surface area contributed by atoms with Crippen molar-refractivity contribution in [3.63, 3.8) is 0 Å². The van der Waals surface area contributed by atoms with Gasteiger partial charge in [-0.15, -0.1) is 0 Å². The van der Waals surface area contributed by atoms with Gasteiger partial charge in [0.05, 0.1) is 0 Å². The van der Waals surface area contributed by atoms with Crippen molar-refractivity contribution in [1.82, 2.24) is 0 Å². The third-order valence-electron chi connectivity index (χ3n) is 2.18. The Hall–Kier alpha value is -1.76. The van der Waals surface area contributed by atoms with Crippen molar-refractivity contribution in [2.24, 2.45) is 0 Å². The second-order valence-corrected chi connectivity index (χ2v) is 3.28. The Bertz CT molecular complexity index is 429. The number of hydrogen-bond acceptors (Lipinski definition) is 1. The highest BCUT2D eigenvalue weighted by atomic mass is 16.3. The van der Waals surface area contributed by atoms with Crippen LogP contribution in [0.1, 0.15) is 5.56 Å². The van der Waals surface area contributed by atoms with Crippen molar-refractivity contribution in [2.75, 3.05) is 0 Å². The number of aromatic hydroxyl groups is 1. The van der Waals surface area contributed by atoms with Gasteiger partial charge in [0, 0.05) is 5.56 Å². The van der Waals surface area contributed by atoms with Crippen molar-refractivity contribution in [2.45, 2.75) is 6.92 Å². The summed E-state index contributed by atoms with van der Waals surface area (Å²) in [5.41, 5.74) is 2.95. The number of aryl methyl sites for hydroxylation is 1. The topological polar surface area (TPSA) is 20.2 Å². The molecule has 0 aliphatic heterocycles. The molecule has 2 aromatic rings. The molecule has 1 heteroatoms. The van der Waals surface area contributed by atoms with Crippen molar-refractivity contribution < 1.29 is 5.11 Å². The number of phenols is 1. The van der Waals surface area contributed by atoms with Gasteiger partial charge in [0.2, 0.25) is 0 Å². The van der Waals surface area contributed by atoms with Gasteiger partial charge in [-0.3, -0.25) is 0 Å². The summed E-state index contributed by atoms with van der Waals surface area (Å²) in [6, 6.07) is 16.3. The van der Waals surface area contributed by atoms with E-state index in [4.69, 9.17) is 0 Å². The molecule has 0 fully saturated rings. The lowest BCUT2D eigenvalue weighted by Crippen LogP contribution is -1.79. The third-order valence-corrected chi connectivity index (χ3v) is 2.18. The van der Waals surface area contributed by atoms with Crippen molar-refractivity contribution in [3.8, 4) is 16.9 Å². The van der Waals surface area contributed by atoms with Gasteiger partial charge in [0.15, 0.2) is 0 Å². The molecule has 0 aliphatic carbocycles. The smallest absolute Gasteiger partial charge is 0.123 e. The molecule has 1 N–H and O–H groups in total. The van der Waals surface area contributed by atoms with E-state index in [-0.39, 0.29) is 0 Å². The third kappa shape index (κ3) is 1.62. The van der Waals surface area contributed by atoms with Gasteiger partial charge in [-0.25, -0.2) is 0 Å². The van der Waals surface area contributed by atoms with Crippen LogP contribution < -0.4 is 0 Å². The lowest BCUT2D eigenvalue weighted by Gasteiger charge is -2.03. The summed E-state index contributed by atoms with van der Waals surface area (Å²) in [6.07, 6.45) is 0. The molecule has 69 valence electrons. The number of hydrogen-bond donors (Lipinski definition) is 1. The standard InChI is InChI=1S/C13H11O/c1-10-6-8-11(9-7-10)12-4-2-3-5-13(12)14/h2-6,8-9,14H,1H3. The minimum Gasteiger partial charge on any atom is -0.507 e. The summed E-state index contributed by atoms with van der Waals surface area (Å²) in [6.45, 7) is 1.99. The SMILES string of the molecule is Cc1[c]cc(-c2ccccc2O)cc1. The van der Waals surface area contributed by atoms with E-state index in [0.29, 0.717) is 5.75 Å². The van der Waals surface area contributed by atoms with Crippen LogP contribution in [0, 0.1) is 13.0 Å². The van der Waals surface area contributed by atoms with Crippen molar-refractivity contribution in [3.05, 3.63) is 54.1 Å². The quantitative estimate of drug-likeness (QED) is 0.720. The molecule has 0 aliphatic rings. The van der Waals surface area contributed by atoms with Gasteiger partial charge in [0.1, 0.15) is 5.75 Å². The van der Waals surface area contributed by atoms with Crippen molar-refractivity contribution in [1.29, 1.82) is 0 Å². The molecule has 0 spiro atoms. The fourth-order valence-corrected chi connectivity index (χ4v) is 1.39. The Morgan fingerprint density at radius 3 is 2.50 bits per heavy atom. The highest BCUT2D eigenvalue weighted by Crippen LogP contribution is 2.28. The number of phenolic OH excluding ortho intramolecular Hbond substituents is 1. The second kappa shape index (κ2) is 3.54. The molecule has 0 saturated heterocycles. The molecule has 2 rings (SSSR count). The van der Waals surface area contributed by atoms with Crippen LogP contribution in [0.3, 0.4) is 0 Å². The van der Waals surface area contributed by atoms with E-state index in [0.717, 1.165) is 16.7 Å². The Morgan fingerprint density at radius 2 is 1.86 bits per heavy atom. The van der Waals surface area contributed by atoms with Crippen molar-refractivity contribution >= 4 is 0 Å². The van der Waals surface area contributed by atoms with Crippen LogP contribution in [0.2, 0.25) is 0 Å². The van der Waals surface area contributed by atoms with Gasteiger partial charge in [0.25, 0.3) is 0 Å². The van der Waals surface area contributed by atoms with Gasteiger partial charge in [-0.05, 0) is 36.2 Å². The monoisotopic (exact) mass is 183 g/mol. The Balaban J connectivity index is 2.50. The maximum Gasteiger partial charge on any atom is 0.123 e. The van der Waals surface area contributed by atoms with Crippen LogP contribution in [0.4, 0.5) is 0 Å². The fourth-order valence-electron chi connectivity index (χ4n) is 1.39. The zero-order valence-electron chi connectivity index (χ0n) is 7.99. The molecule has 1 radical (unpaired) electrons. The van der Waals surface area contributed by atoms with E-state index in [9.17, 15) is 5.11 Å². The van der Waals surface area contributed by atoms with Crippen LogP contribution in [-0.2, 0) is 0 Å². The Kier molecular flexibility index (Phi) is 2.23. The minimum absolute atomic E-state index is 0.310. The maximum atomic E-state index is 9.62. The highest BCUT2D eigenvalue weighted by Gasteiger charge is 2.01. The molecule has 0 atom stereocenters. The van der Waals surface area contributed by atoms with E-state index in [1.807, 2.05) is 43.3 Å². The van der Waals surface area contributed by atoms with E-state index >= 15 is 0 Å². The molecule has 0 amide bonds. The van der Waals surface area contributed by atoms with E-state index in [1.54, 1.807) is 6.07 Å². The van der Waals surface area contributed by atoms with Crippen LogP contribution in [0.15, 0.2) is 42.5 Å². The average molecular weight is 183 g/mol. The van der Waals surface area contributed by atoms with Gasteiger partial charge in [-0.2, -0.15) is 0 Å². The summed E-state index contributed by atoms with van der Waals surface area (Å²) in [7, 11) is 0. The van der Waals surface area contributed by atoms with E-state index in [1.165, 1.54) is 0 Å². The number of benzene rings is 2. The predicted molar refractivity (Wildman–Crippen MR) is 57.1 cm³/mol. The lowest BCUT2D eigenvalue weighted by molar-refractivity contribution is 0.477. The lowest BCUT2D eigenvalue weighted by atomic mass is 10.0. The number of rotatable bonds is 1. The van der Waals surface area contributed by atoms with Gasteiger partial charge in [-0.1, -0.05) is 30.3 Å². The molecule has 0 aromatic heterocycles. The largest absolute Gasteiger partial charge is 0.507 e. The first-order valence-corrected chi connectivity index (χ1v) is 4.54. The first kappa shape index (κ1) is 8.82. The predicted octanol–water partition coefficient (Wildman–Crippen LogP) is 3.17. The number of para-hydroxylation sites is 1. The van der Waals surface area contributed by atoms with Gasteiger partial charge < -0.3 is 5.11 Å². The summed E-state index contributed by atoms with van der Waals surface area (Å²) < 4.78 is 0. The summed E-state index contributed by atoms with van der Waals surface area (Å²) in [4.78, 5) is 0. The zero-order valence-corrected chi connectivity index (χ0v) is 7.99.